The van der Waals surface area contributed by atoms with Gasteiger partial charge in [0.25, 0.3) is 5.91 Å². The predicted molar refractivity (Wildman–Crippen MR) is 79.9 cm³/mol. The fourth-order valence-corrected chi connectivity index (χ4v) is 3.37. The monoisotopic (exact) mass is 283 g/mol. The maximum absolute atomic E-state index is 12.3. The first-order valence-corrected chi connectivity index (χ1v) is 7.28. The molecule has 108 valence electrons. The van der Waals surface area contributed by atoms with Gasteiger partial charge in [0, 0.05) is 36.8 Å². The second-order valence-electron chi connectivity index (χ2n) is 5.85. The summed E-state index contributed by atoms with van der Waals surface area (Å²) >= 11 is 0. The van der Waals surface area contributed by atoms with E-state index in [0.29, 0.717) is 23.0 Å². The van der Waals surface area contributed by atoms with Gasteiger partial charge >= 0.3 is 0 Å². The SMILES string of the molecule is C=Cc1cc2cnc(C(=O)NC3CN4CC[C@H]3C4)cc2o1. The minimum absolute atomic E-state index is 0.118. The number of nitrogens with zero attached hydrogens (tertiary/aromatic N) is 2. The van der Waals surface area contributed by atoms with E-state index in [4.69, 9.17) is 4.42 Å². The molecule has 2 bridgehead atoms. The molecule has 2 aromatic rings. The van der Waals surface area contributed by atoms with Crippen molar-refractivity contribution in [3.05, 3.63) is 36.4 Å². The number of piperidine rings is 1. The van der Waals surface area contributed by atoms with Crippen LogP contribution in [0.15, 0.2) is 29.3 Å². The van der Waals surface area contributed by atoms with E-state index in [-0.39, 0.29) is 11.9 Å². The lowest BCUT2D eigenvalue weighted by molar-refractivity contribution is 0.0919. The number of amides is 1. The Morgan fingerprint density at radius 2 is 2.38 bits per heavy atom. The average molecular weight is 283 g/mol. The number of carbonyl (C=O) groups excluding carboxylic acids is 1. The second-order valence-corrected chi connectivity index (χ2v) is 5.85. The van der Waals surface area contributed by atoms with Crippen LogP contribution in [0.25, 0.3) is 17.0 Å². The highest BCUT2D eigenvalue weighted by Crippen LogP contribution is 2.28. The maximum atomic E-state index is 12.3. The summed E-state index contributed by atoms with van der Waals surface area (Å²) < 4.78 is 5.58. The van der Waals surface area contributed by atoms with Crippen LogP contribution in [0.2, 0.25) is 0 Å². The summed E-state index contributed by atoms with van der Waals surface area (Å²) in [4.78, 5) is 19.0. The van der Waals surface area contributed by atoms with Gasteiger partial charge in [0.15, 0.2) is 0 Å². The molecule has 0 saturated carbocycles. The fraction of sp³-hybridized carbons (Fsp3) is 0.375. The van der Waals surface area contributed by atoms with Gasteiger partial charge < -0.3 is 14.6 Å². The third-order valence-corrected chi connectivity index (χ3v) is 4.50. The van der Waals surface area contributed by atoms with E-state index in [0.717, 1.165) is 25.0 Å². The van der Waals surface area contributed by atoms with Crippen LogP contribution >= 0.6 is 0 Å². The van der Waals surface area contributed by atoms with Crippen molar-refractivity contribution in [3.8, 4) is 0 Å². The van der Waals surface area contributed by atoms with Crippen LogP contribution in [0.1, 0.15) is 22.7 Å². The van der Waals surface area contributed by atoms with Gasteiger partial charge in [-0.15, -0.1) is 0 Å². The highest BCUT2D eigenvalue weighted by atomic mass is 16.3. The van der Waals surface area contributed by atoms with Crippen molar-refractivity contribution in [1.29, 1.82) is 0 Å². The lowest BCUT2D eigenvalue weighted by atomic mass is 10.00. The zero-order valence-electron chi connectivity index (χ0n) is 11.7. The molecule has 3 atom stereocenters. The van der Waals surface area contributed by atoms with E-state index in [1.165, 1.54) is 6.42 Å². The van der Waals surface area contributed by atoms with Gasteiger partial charge in [0.1, 0.15) is 17.0 Å². The summed E-state index contributed by atoms with van der Waals surface area (Å²) in [5.41, 5.74) is 1.08. The lowest BCUT2D eigenvalue weighted by Gasteiger charge is -2.22. The molecule has 0 radical (unpaired) electrons. The molecule has 4 heterocycles. The van der Waals surface area contributed by atoms with E-state index in [2.05, 4.69) is 21.8 Å². The zero-order chi connectivity index (χ0) is 14.4. The Labute approximate surface area is 122 Å². The Morgan fingerprint density at radius 3 is 3.10 bits per heavy atom. The summed E-state index contributed by atoms with van der Waals surface area (Å²) in [7, 11) is 0. The topological polar surface area (TPSA) is 58.4 Å². The summed E-state index contributed by atoms with van der Waals surface area (Å²) in [6.07, 6.45) is 4.49. The highest BCUT2D eigenvalue weighted by molar-refractivity contribution is 5.95. The van der Waals surface area contributed by atoms with Crippen LogP contribution in [0.5, 0.6) is 0 Å². The number of pyridine rings is 1. The quantitative estimate of drug-likeness (QED) is 0.934. The Balaban J connectivity index is 1.54. The van der Waals surface area contributed by atoms with Gasteiger partial charge in [-0.05, 0) is 31.0 Å². The van der Waals surface area contributed by atoms with Crippen molar-refractivity contribution in [1.82, 2.24) is 15.2 Å². The van der Waals surface area contributed by atoms with Crippen molar-refractivity contribution in [2.45, 2.75) is 12.5 Å². The van der Waals surface area contributed by atoms with Crippen LogP contribution in [-0.2, 0) is 0 Å². The molecule has 0 spiro atoms. The van der Waals surface area contributed by atoms with Crippen molar-refractivity contribution in [2.24, 2.45) is 5.92 Å². The van der Waals surface area contributed by atoms with Gasteiger partial charge in [-0.2, -0.15) is 0 Å². The zero-order valence-corrected chi connectivity index (χ0v) is 11.7. The molecule has 2 unspecified atom stereocenters. The first-order chi connectivity index (χ1) is 10.2. The molecular weight excluding hydrogens is 266 g/mol. The Kier molecular flexibility index (Phi) is 2.82. The summed E-state index contributed by atoms with van der Waals surface area (Å²) in [6.45, 7) is 6.91. The summed E-state index contributed by atoms with van der Waals surface area (Å²) in [5.74, 6) is 1.16. The van der Waals surface area contributed by atoms with Crippen LogP contribution < -0.4 is 5.32 Å². The summed E-state index contributed by atoms with van der Waals surface area (Å²) in [6, 6.07) is 3.81. The van der Waals surface area contributed by atoms with E-state index in [1.807, 2.05) is 6.07 Å². The molecule has 1 N–H and O–H groups in total. The molecule has 0 aliphatic carbocycles. The number of carbonyl (C=O) groups is 1. The van der Waals surface area contributed by atoms with E-state index < -0.39 is 0 Å². The molecule has 2 saturated heterocycles. The van der Waals surface area contributed by atoms with Crippen molar-refractivity contribution < 1.29 is 9.21 Å². The van der Waals surface area contributed by atoms with Crippen molar-refractivity contribution >= 4 is 23.0 Å². The molecule has 2 aliphatic heterocycles. The molecule has 2 fully saturated rings. The molecule has 5 nitrogen and oxygen atoms in total. The maximum Gasteiger partial charge on any atom is 0.270 e. The standard InChI is InChI=1S/C16H17N3O2/c1-2-12-5-11-7-17-13(6-15(11)21-12)16(20)18-14-9-19-4-3-10(14)8-19/h2,5-7,10,14H,1,3-4,8-9H2,(H,18,20)/t10-,14?/m0/s1. The van der Waals surface area contributed by atoms with Gasteiger partial charge in [-0.3, -0.25) is 9.78 Å². The largest absolute Gasteiger partial charge is 0.457 e. The number of furan rings is 1. The van der Waals surface area contributed by atoms with Gasteiger partial charge in [0.05, 0.1) is 0 Å². The number of rotatable bonds is 3. The third kappa shape index (κ3) is 2.14. The Bertz CT molecular complexity index is 721. The molecule has 1 amide bonds. The molecule has 2 aromatic heterocycles. The predicted octanol–water partition coefficient (Wildman–Crippen LogP) is 1.90. The van der Waals surface area contributed by atoms with Crippen LogP contribution in [0.4, 0.5) is 0 Å². The van der Waals surface area contributed by atoms with E-state index in [9.17, 15) is 4.79 Å². The molecule has 5 heteroatoms. The minimum Gasteiger partial charge on any atom is -0.457 e. The average Bonchev–Trinajstić information content (AvgIpc) is 3.20. The number of aromatic nitrogens is 1. The van der Waals surface area contributed by atoms with Gasteiger partial charge in [-0.1, -0.05) is 6.58 Å². The first kappa shape index (κ1) is 12.6. The van der Waals surface area contributed by atoms with Crippen LogP contribution in [0, 0.1) is 5.92 Å². The minimum atomic E-state index is -0.118. The second kappa shape index (κ2) is 4.70. The third-order valence-electron chi connectivity index (χ3n) is 4.50. The Morgan fingerprint density at radius 1 is 1.48 bits per heavy atom. The van der Waals surface area contributed by atoms with Crippen molar-refractivity contribution in [2.75, 3.05) is 19.6 Å². The molecule has 0 aromatic carbocycles. The lowest BCUT2D eigenvalue weighted by Crippen LogP contribution is -2.43. The highest BCUT2D eigenvalue weighted by Gasteiger charge is 2.38. The first-order valence-electron chi connectivity index (χ1n) is 7.28. The number of fused-ring (bicyclic) bond motifs is 3. The van der Waals surface area contributed by atoms with Gasteiger partial charge in [0.2, 0.25) is 0 Å². The normalized spacial score (nSPS) is 27.1. The number of hydrogen-bond donors (Lipinski definition) is 1. The van der Waals surface area contributed by atoms with E-state index >= 15 is 0 Å². The number of hydrogen-bond acceptors (Lipinski definition) is 4. The van der Waals surface area contributed by atoms with Crippen LogP contribution in [0.3, 0.4) is 0 Å². The molecule has 2 aliphatic rings. The molecule has 21 heavy (non-hydrogen) atoms. The van der Waals surface area contributed by atoms with Gasteiger partial charge in [-0.25, -0.2) is 0 Å². The van der Waals surface area contributed by atoms with E-state index in [1.54, 1.807) is 18.3 Å². The number of nitrogens with one attached hydrogen (secondary N) is 1. The van der Waals surface area contributed by atoms with Crippen LogP contribution in [-0.4, -0.2) is 41.5 Å². The molecule has 4 rings (SSSR count). The smallest absolute Gasteiger partial charge is 0.270 e. The Hall–Kier alpha value is -2.14. The van der Waals surface area contributed by atoms with Crippen molar-refractivity contribution in [3.63, 3.8) is 0 Å². The fourth-order valence-electron chi connectivity index (χ4n) is 3.37. The molecular formula is C16H17N3O2. The summed E-state index contributed by atoms with van der Waals surface area (Å²) in [5, 5.41) is 3.99.